The minimum absolute atomic E-state index is 0.0471. The number of hydrogen-bond donors (Lipinski definition) is 1. The lowest BCUT2D eigenvalue weighted by atomic mass is 10.1. The van der Waals surface area contributed by atoms with Crippen LogP contribution in [0, 0.1) is 20.8 Å². The van der Waals surface area contributed by atoms with E-state index in [0.29, 0.717) is 6.42 Å². The molecule has 116 valence electrons. The Morgan fingerprint density at radius 2 is 1.73 bits per heavy atom. The number of rotatable bonds is 5. The van der Waals surface area contributed by atoms with Gasteiger partial charge in [0.1, 0.15) is 5.75 Å². The summed E-state index contributed by atoms with van der Waals surface area (Å²) in [4.78, 5) is 12.2. The maximum absolute atomic E-state index is 12.2. The zero-order chi connectivity index (χ0) is 16.1. The van der Waals surface area contributed by atoms with Crippen LogP contribution in [0.15, 0.2) is 36.4 Å². The van der Waals surface area contributed by atoms with Crippen molar-refractivity contribution in [1.29, 1.82) is 0 Å². The summed E-state index contributed by atoms with van der Waals surface area (Å²) in [5.41, 5.74) is 5.35. The highest BCUT2D eigenvalue weighted by atomic mass is 16.5. The molecule has 0 aliphatic carbocycles. The second-order valence-corrected chi connectivity index (χ2v) is 5.62. The maximum Gasteiger partial charge on any atom is 0.224 e. The van der Waals surface area contributed by atoms with Crippen LogP contribution in [0.2, 0.25) is 0 Å². The number of hydrogen-bond acceptors (Lipinski definition) is 2. The Balaban J connectivity index is 1.97. The highest BCUT2D eigenvalue weighted by molar-refractivity contribution is 5.92. The summed E-state index contributed by atoms with van der Waals surface area (Å²) < 4.78 is 5.25. The zero-order valence-corrected chi connectivity index (χ0v) is 13.7. The van der Waals surface area contributed by atoms with Crippen LogP contribution in [-0.2, 0) is 11.2 Å². The van der Waals surface area contributed by atoms with E-state index in [2.05, 4.69) is 11.4 Å². The van der Waals surface area contributed by atoms with Crippen molar-refractivity contribution < 1.29 is 9.53 Å². The molecule has 1 N–H and O–H groups in total. The molecular weight excluding hydrogens is 274 g/mol. The molecule has 0 heterocycles. The molecule has 2 aromatic rings. The first-order chi connectivity index (χ1) is 10.5. The van der Waals surface area contributed by atoms with Gasteiger partial charge in [0, 0.05) is 12.1 Å². The van der Waals surface area contributed by atoms with E-state index in [4.69, 9.17) is 4.74 Å². The molecule has 0 spiro atoms. The van der Waals surface area contributed by atoms with Crippen molar-refractivity contribution in [2.24, 2.45) is 0 Å². The fourth-order valence-electron chi connectivity index (χ4n) is 2.57. The molecule has 0 aromatic heterocycles. The van der Waals surface area contributed by atoms with Gasteiger partial charge >= 0.3 is 0 Å². The van der Waals surface area contributed by atoms with Gasteiger partial charge in [0.2, 0.25) is 5.91 Å². The Hall–Kier alpha value is -2.29. The van der Waals surface area contributed by atoms with E-state index in [1.165, 1.54) is 0 Å². The summed E-state index contributed by atoms with van der Waals surface area (Å²) >= 11 is 0. The van der Waals surface area contributed by atoms with Crippen LogP contribution in [-0.4, -0.2) is 13.0 Å². The maximum atomic E-state index is 12.2. The number of aryl methyl sites for hydroxylation is 4. The van der Waals surface area contributed by atoms with Crippen molar-refractivity contribution in [3.05, 3.63) is 58.7 Å². The number of methoxy groups -OCH3 is 1. The van der Waals surface area contributed by atoms with Crippen LogP contribution in [0.4, 0.5) is 5.69 Å². The van der Waals surface area contributed by atoms with Gasteiger partial charge in [-0.25, -0.2) is 0 Å². The van der Waals surface area contributed by atoms with Crippen LogP contribution < -0.4 is 10.1 Å². The smallest absolute Gasteiger partial charge is 0.224 e. The number of nitrogens with one attached hydrogen (secondary N) is 1. The molecule has 1 amide bonds. The fourth-order valence-corrected chi connectivity index (χ4v) is 2.57. The summed E-state index contributed by atoms with van der Waals surface area (Å²) in [6, 6.07) is 12.1. The summed E-state index contributed by atoms with van der Waals surface area (Å²) in [6.07, 6.45) is 1.20. The van der Waals surface area contributed by atoms with Crippen LogP contribution in [0.1, 0.15) is 28.7 Å². The number of anilines is 1. The molecule has 3 nitrogen and oxygen atoms in total. The monoisotopic (exact) mass is 297 g/mol. The molecule has 2 aromatic carbocycles. The van der Waals surface area contributed by atoms with Gasteiger partial charge < -0.3 is 10.1 Å². The highest BCUT2D eigenvalue weighted by Gasteiger charge is 2.08. The molecule has 0 bridgehead atoms. The van der Waals surface area contributed by atoms with Crippen LogP contribution in [0.3, 0.4) is 0 Å². The molecule has 0 unspecified atom stereocenters. The van der Waals surface area contributed by atoms with E-state index in [-0.39, 0.29) is 5.91 Å². The van der Waals surface area contributed by atoms with Gasteiger partial charge in [-0.15, -0.1) is 0 Å². The summed E-state index contributed by atoms with van der Waals surface area (Å²) in [5.74, 6) is 0.926. The third-order valence-electron chi connectivity index (χ3n) is 3.85. The lowest BCUT2D eigenvalue weighted by molar-refractivity contribution is -0.116. The molecule has 0 radical (unpaired) electrons. The second kappa shape index (κ2) is 7.12. The number of ether oxygens (including phenoxy) is 1. The lowest BCUT2D eigenvalue weighted by Crippen LogP contribution is -2.14. The molecule has 0 saturated heterocycles. The summed E-state index contributed by atoms with van der Waals surface area (Å²) in [7, 11) is 1.67. The normalized spacial score (nSPS) is 10.4. The molecule has 22 heavy (non-hydrogen) atoms. The Bertz CT molecular complexity index is 657. The molecule has 0 atom stereocenters. The van der Waals surface area contributed by atoms with Crippen molar-refractivity contribution in [3.8, 4) is 5.75 Å². The van der Waals surface area contributed by atoms with E-state index in [9.17, 15) is 4.79 Å². The Labute approximate surface area is 132 Å². The van der Waals surface area contributed by atoms with Crippen molar-refractivity contribution in [2.45, 2.75) is 33.6 Å². The van der Waals surface area contributed by atoms with Crippen molar-refractivity contribution in [2.75, 3.05) is 12.4 Å². The average Bonchev–Trinajstić information content (AvgIpc) is 2.49. The molecule has 3 heteroatoms. The molecule has 0 fully saturated rings. The molecular formula is C19H23NO2. The zero-order valence-electron chi connectivity index (χ0n) is 13.7. The number of amides is 1. The van der Waals surface area contributed by atoms with E-state index in [1.807, 2.05) is 51.1 Å². The highest BCUT2D eigenvalue weighted by Crippen LogP contribution is 2.21. The predicted molar refractivity (Wildman–Crippen MR) is 90.6 cm³/mol. The van der Waals surface area contributed by atoms with E-state index in [1.54, 1.807) is 7.11 Å². The van der Waals surface area contributed by atoms with Gasteiger partial charge in [-0.2, -0.15) is 0 Å². The molecule has 0 aliphatic rings. The largest absolute Gasteiger partial charge is 0.496 e. The number of benzene rings is 2. The Morgan fingerprint density at radius 1 is 1.05 bits per heavy atom. The number of para-hydroxylation sites is 1. The second-order valence-electron chi connectivity index (χ2n) is 5.62. The third kappa shape index (κ3) is 3.88. The minimum atomic E-state index is 0.0471. The first kappa shape index (κ1) is 16.1. The van der Waals surface area contributed by atoms with Gasteiger partial charge in [0.15, 0.2) is 0 Å². The van der Waals surface area contributed by atoms with Crippen molar-refractivity contribution in [3.63, 3.8) is 0 Å². The Kier molecular flexibility index (Phi) is 5.21. The van der Waals surface area contributed by atoms with Crippen molar-refractivity contribution >= 4 is 11.6 Å². The van der Waals surface area contributed by atoms with E-state index >= 15 is 0 Å². The third-order valence-corrected chi connectivity index (χ3v) is 3.85. The summed E-state index contributed by atoms with van der Waals surface area (Å²) in [5, 5.41) is 3.02. The predicted octanol–water partition coefficient (Wildman–Crippen LogP) is 4.19. The van der Waals surface area contributed by atoms with Crippen LogP contribution in [0.5, 0.6) is 5.75 Å². The first-order valence-electron chi connectivity index (χ1n) is 7.51. The molecule has 0 saturated carbocycles. The summed E-state index contributed by atoms with van der Waals surface area (Å²) in [6.45, 7) is 6.03. The average molecular weight is 297 g/mol. The van der Waals surface area contributed by atoms with Gasteiger partial charge in [0.05, 0.1) is 7.11 Å². The standard InChI is InChI=1S/C19H23NO2/c1-13-6-5-7-14(2)19(13)20-18(21)11-9-16-8-10-17(22-4)15(3)12-16/h5-8,10,12H,9,11H2,1-4H3,(H,20,21). The first-order valence-corrected chi connectivity index (χ1v) is 7.51. The number of carbonyl (C=O) groups is 1. The Morgan fingerprint density at radius 3 is 2.32 bits per heavy atom. The van der Waals surface area contributed by atoms with Crippen LogP contribution in [0.25, 0.3) is 0 Å². The van der Waals surface area contributed by atoms with Gasteiger partial charge in [0.25, 0.3) is 0 Å². The lowest BCUT2D eigenvalue weighted by Gasteiger charge is -2.12. The van der Waals surface area contributed by atoms with Gasteiger partial charge in [-0.1, -0.05) is 30.3 Å². The molecule has 0 aliphatic heterocycles. The van der Waals surface area contributed by atoms with Crippen LogP contribution >= 0.6 is 0 Å². The SMILES string of the molecule is COc1ccc(CCC(=O)Nc2c(C)cccc2C)cc1C. The van der Waals surface area contributed by atoms with Gasteiger partial charge in [-0.05, 0) is 55.5 Å². The quantitative estimate of drug-likeness (QED) is 0.898. The van der Waals surface area contributed by atoms with Gasteiger partial charge in [-0.3, -0.25) is 4.79 Å². The molecule has 2 rings (SSSR count). The van der Waals surface area contributed by atoms with E-state index in [0.717, 1.165) is 40.1 Å². The topological polar surface area (TPSA) is 38.3 Å². The van der Waals surface area contributed by atoms with E-state index < -0.39 is 0 Å². The fraction of sp³-hybridized carbons (Fsp3) is 0.316. The van der Waals surface area contributed by atoms with Crippen molar-refractivity contribution in [1.82, 2.24) is 0 Å². The minimum Gasteiger partial charge on any atom is -0.496 e. The number of carbonyl (C=O) groups excluding carboxylic acids is 1.